The monoisotopic (exact) mass is 784 g/mol. The quantitative estimate of drug-likeness (QED) is 0.123. The molecule has 0 amide bonds. The fraction of sp³-hybridized carbons (Fsp3) is 0.304. The number of rotatable bonds is 4. The zero-order valence-corrected chi connectivity index (χ0v) is 34.0. The summed E-state index contributed by atoms with van der Waals surface area (Å²) < 4.78 is 0. The van der Waals surface area contributed by atoms with Crippen LogP contribution < -0.4 is 0 Å². The van der Waals surface area contributed by atoms with E-state index in [2.05, 4.69) is 152 Å². The Morgan fingerprint density at radius 1 is 0.532 bits per heavy atom. The number of aryl methyl sites for hydroxylation is 2. The van der Waals surface area contributed by atoms with E-state index in [-0.39, 0.29) is 56.9 Å². The summed E-state index contributed by atoms with van der Waals surface area (Å²) in [6.45, 7) is 18.3. The minimum atomic E-state index is 0. The molecule has 1 aliphatic carbocycles. The van der Waals surface area contributed by atoms with Crippen molar-refractivity contribution in [3.8, 4) is 22.3 Å². The van der Waals surface area contributed by atoms with Gasteiger partial charge in [0.15, 0.2) is 0 Å². The average molecular weight is 783 g/mol. The van der Waals surface area contributed by atoms with Gasteiger partial charge < -0.3 is 14.9 Å². The van der Waals surface area contributed by atoms with Gasteiger partial charge in [0.1, 0.15) is 0 Å². The molecule has 0 heterocycles. The van der Waals surface area contributed by atoms with Crippen LogP contribution in [0.3, 0.4) is 0 Å². The Morgan fingerprint density at radius 2 is 0.936 bits per heavy atom. The van der Waals surface area contributed by atoms with Crippen molar-refractivity contribution < 1.29 is 25.8 Å². The number of benzene rings is 4. The topological polar surface area (TPSA) is 0 Å². The third-order valence-electron chi connectivity index (χ3n) is 10.6. The predicted molar refractivity (Wildman–Crippen MR) is 204 cm³/mol. The molecule has 6 aromatic rings. The van der Waals surface area contributed by atoms with E-state index in [4.69, 9.17) is 0 Å². The average Bonchev–Trinajstić information content (AvgIpc) is 3.56. The minimum Gasteiger partial charge on any atom is -0.358 e. The van der Waals surface area contributed by atoms with Crippen LogP contribution in [0.1, 0.15) is 94.2 Å². The van der Waals surface area contributed by atoms with Gasteiger partial charge >= 0.3 is 25.8 Å². The first kappa shape index (κ1) is 36.8. The van der Waals surface area contributed by atoms with Gasteiger partial charge in [0.2, 0.25) is 0 Å². The summed E-state index contributed by atoms with van der Waals surface area (Å²) in [6, 6.07) is 37.8. The van der Waals surface area contributed by atoms with E-state index >= 15 is 0 Å². The molecule has 1 fully saturated rings. The van der Waals surface area contributed by atoms with Crippen LogP contribution in [0.25, 0.3) is 43.8 Å². The minimum absolute atomic E-state index is 0. The molecule has 0 N–H and O–H groups in total. The van der Waals surface area contributed by atoms with E-state index in [9.17, 15) is 0 Å². The Balaban J connectivity index is 0.00000167. The van der Waals surface area contributed by atoms with Crippen molar-refractivity contribution in [1.82, 2.24) is 0 Å². The molecule has 7 rings (SSSR count). The molecular formula is C46H52Hf. The van der Waals surface area contributed by atoms with Crippen LogP contribution in [0.5, 0.6) is 0 Å². The van der Waals surface area contributed by atoms with E-state index in [0.29, 0.717) is 0 Å². The summed E-state index contributed by atoms with van der Waals surface area (Å²) in [5.74, 6) is 0. The van der Waals surface area contributed by atoms with Crippen LogP contribution in [0.4, 0.5) is 0 Å². The van der Waals surface area contributed by atoms with Crippen LogP contribution in [-0.4, -0.2) is 0 Å². The molecule has 0 aliphatic heterocycles. The van der Waals surface area contributed by atoms with Crippen molar-refractivity contribution in [2.45, 2.75) is 90.9 Å². The normalized spacial score (nSPS) is 14.2. The fourth-order valence-corrected chi connectivity index (χ4v) is 7.63. The van der Waals surface area contributed by atoms with Gasteiger partial charge in [0, 0.05) is 0 Å². The second-order valence-electron chi connectivity index (χ2n) is 15.6. The van der Waals surface area contributed by atoms with Crippen molar-refractivity contribution in [1.29, 1.82) is 0 Å². The summed E-state index contributed by atoms with van der Waals surface area (Å²) in [5, 5.41) is 5.47. The molecule has 0 unspecified atom stereocenters. The van der Waals surface area contributed by atoms with Crippen LogP contribution in [0.15, 0.2) is 97.1 Å². The Labute approximate surface area is 304 Å². The number of hydrogen-bond acceptors (Lipinski definition) is 0. The molecular weight excluding hydrogens is 731 g/mol. The van der Waals surface area contributed by atoms with Gasteiger partial charge in [-0.15, -0.1) is 69.1 Å². The Morgan fingerprint density at radius 3 is 1.26 bits per heavy atom. The summed E-state index contributed by atoms with van der Waals surface area (Å²) in [5.41, 5.74) is 14.2. The van der Waals surface area contributed by atoms with Crippen LogP contribution >= 0.6 is 0 Å². The molecule has 0 spiro atoms. The van der Waals surface area contributed by atoms with Crippen molar-refractivity contribution in [3.63, 3.8) is 0 Å². The fourth-order valence-electron chi connectivity index (χ4n) is 7.63. The van der Waals surface area contributed by atoms with Gasteiger partial charge in [-0.05, 0) is 76.3 Å². The summed E-state index contributed by atoms with van der Waals surface area (Å²) >= 11 is 0. The predicted octanol–water partition coefficient (Wildman–Crippen LogP) is 13.3. The van der Waals surface area contributed by atoms with E-state index in [1.54, 1.807) is 0 Å². The molecule has 0 bridgehead atoms. The zero-order chi connectivity index (χ0) is 31.0. The first-order valence-corrected chi connectivity index (χ1v) is 16.5. The van der Waals surface area contributed by atoms with Gasteiger partial charge in [-0.1, -0.05) is 108 Å². The SMILES string of the molecule is Cc1cc(C(C)(C)C)ccc1-c1cccc2[cH-]c(C3(c4cc5c(-c6ccc(C(C)(C)C)cc6C)cccc5[cH-]4)CCC3)cc12.[CH3-].[CH3-].[Hf+4]. The molecule has 6 aromatic carbocycles. The standard InChI is InChI=1S/C44H46.2CH3.Hf/c1-28-22-32(42(3,4)5)16-18-36(28)38-14-9-12-30-24-34(26-40(30)38)44(20-11-21-44)35-25-31-13-10-15-39(41(31)27-35)37-19-17-33(23-29(37)2)43(6,7)8;;;/h9-10,12-19,22-27H,11,20-21H2,1-8H3;2*1H3;/q-2;2*-1;+4. The van der Waals surface area contributed by atoms with Gasteiger partial charge in [-0.2, -0.15) is 12.1 Å². The number of fused-ring (bicyclic) bond motifs is 2. The Hall–Kier alpha value is -3.03. The Bertz CT molecular complexity index is 1880. The maximum absolute atomic E-state index is 2.52. The number of hydrogen-bond donors (Lipinski definition) is 0. The van der Waals surface area contributed by atoms with Crippen molar-refractivity contribution in [2.24, 2.45) is 0 Å². The van der Waals surface area contributed by atoms with Crippen LogP contribution in [-0.2, 0) is 42.1 Å². The van der Waals surface area contributed by atoms with Gasteiger partial charge in [0.25, 0.3) is 0 Å². The molecule has 1 saturated carbocycles. The first-order chi connectivity index (χ1) is 20.8. The molecule has 1 heteroatoms. The molecule has 0 aromatic heterocycles. The van der Waals surface area contributed by atoms with Crippen molar-refractivity contribution >= 4 is 21.5 Å². The van der Waals surface area contributed by atoms with Gasteiger partial charge in [0.05, 0.1) is 0 Å². The molecule has 0 nitrogen and oxygen atoms in total. The van der Waals surface area contributed by atoms with Gasteiger partial charge in [-0.3, -0.25) is 0 Å². The summed E-state index contributed by atoms with van der Waals surface area (Å²) in [6.07, 6.45) is 3.70. The van der Waals surface area contributed by atoms with E-state index in [1.165, 1.54) is 96.4 Å². The van der Waals surface area contributed by atoms with E-state index in [1.807, 2.05) is 0 Å². The molecule has 0 atom stereocenters. The third kappa shape index (κ3) is 6.30. The smallest absolute Gasteiger partial charge is 0.358 e. The van der Waals surface area contributed by atoms with Gasteiger partial charge in [-0.25, -0.2) is 0 Å². The molecule has 0 radical (unpaired) electrons. The molecule has 1 aliphatic rings. The molecule has 240 valence electrons. The second-order valence-corrected chi connectivity index (χ2v) is 15.6. The molecule has 0 saturated heterocycles. The van der Waals surface area contributed by atoms with Crippen LogP contribution in [0.2, 0.25) is 0 Å². The summed E-state index contributed by atoms with van der Waals surface area (Å²) in [4.78, 5) is 0. The van der Waals surface area contributed by atoms with Crippen molar-refractivity contribution in [3.05, 3.63) is 145 Å². The zero-order valence-electron chi connectivity index (χ0n) is 30.4. The maximum Gasteiger partial charge on any atom is 4.00 e. The largest absolute Gasteiger partial charge is 4.00 e. The third-order valence-corrected chi connectivity index (χ3v) is 10.6. The maximum atomic E-state index is 2.52. The first-order valence-electron chi connectivity index (χ1n) is 16.5. The molecule has 47 heavy (non-hydrogen) atoms. The van der Waals surface area contributed by atoms with Crippen LogP contribution in [0, 0.1) is 28.7 Å². The van der Waals surface area contributed by atoms with E-state index in [0.717, 1.165) is 0 Å². The second kappa shape index (κ2) is 13.1. The Kier molecular flexibility index (Phi) is 10.3. The van der Waals surface area contributed by atoms with Crippen molar-refractivity contribution in [2.75, 3.05) is 0 Å². The summed E-state index contributed by atoms with van der Waals surface area (Å²) in [7, 11) is 0. The van der Waals surface area contributed by atoms with E-state index < -0.39 is 0 Å².